The van der Waals surface area contributed by atoms with Crippen LogP contribution in [0.3, 0.4) is 0 Å². The van der Waals surface area contributed by atoms with Crippen LogP contribution in [-0.2, 0) is 9.53 Å². The summed E-state index contributed by atoms with van der Waals surface area (Å²) in [5.74, 6) is 0.0282. The van der Waals surface area contributed by atoms with Gasteiger partial charge in [-0.05, 0) is 51.7 Å². The van der Waals surface area contributed by atoms with Crippen molar-refractivity contribution in [2.75, 3.05) is 25.0 Å². The van der Waals surface area contributed by atoms with Gasteiger partial charge in [-0.1, -0.05) is 37.5 Å². The number of ether oxygens (including phenoxy) is 1. The summed E-state index contributed by atoms with van der Waals surface area (Å²) in [5, 5.41) is 7.72. The average Bonchev–Trinajstić information content (AvgIpc) is 3.05. The number of anilines is 1. The number of hydrogen-bond acceptors (Lipinski definition) is 4. The van der Waals surface area contributed by atoms with E-state index in [-0.39, 0.29) is 5.91 Å². The average molecular weight is 411 g/mol. The van der Waals surface area contributed by atoms with Gasteiger partial charge in [0, 0.05) is 13.1 Å². The minimum absolute atomic E-state index is 0.0282. The van der Waals surface area contributed by atoms with Crippen LogP contribution in [0.5, 0.6) is 0 Å². The van der Waals surface area contributed by atoms with Crippen molar-refractivity contribution in [1.29, 1.82) is 0 Å². The van der Waals surface area contributed by atoms with E-state index in [1.54, 1.807) is 0 Å². The van der Waals surface area contributed by atoms with Gasteiger partial charge in [0.15, 0.2) is 0 Å². The largest absolute Gasteiger partial charge is 0.375 e. The maximum absolute atomic E-state index is 12.7. The Balaban J connectivity index is 1.28. The molecule has 1 N–H and O–H groups in total. The standard InChI is InChI=1S/C24H34N4O2/c1-18-24(19(2)28(26-18)20-9-5-3-6-10-20)25-23(29)17-27-15-13-22(14-16-27)30-21-11-7-4-8-12-21/h3,5-6,9-10,21-22H,4,7-8,11-17H2,1-2H3,(H,25,29). The minimum Gasteiger partial charge on any atom is -0.375 e. The molecule has 0 unspecified atom stereocenters. The number of rotatable bonds is 6. The van der Waals surface area contributed by atoms with Crippen molar-refractivity contribution in [3.05, 3.63) is 41.7 Å². The molecule has 30 heavy (non-hydrogen) atoms. The number of carbonyl (C=O) groups is 1. The number of aromatic nitrogens is 2. The molecular formula is C24H34N4O2. The molecule has 0 radical (unpaired) electrons. The number of nitrogens with zero attached hydrogens (tertiary/aromatic N) is 3. The number of carbonyl (C=O) groups excluding carboxylic acids is 1. The van der Waals surface area contributed by atoms with Crippen LogP contribution >= 0.6 is 0 Å². The van der Waals surface area contributed by atoms with Crippen LogP contribution in [0.1, 0.15) is 56.3 Å². The lowest BCUT2D eigenvalue weighted by atomic mass is 9.97. The zero-order valence-electron chi connectivity index (χ0n) is 18.3. The van der Waals surface area contributed by atoms with Crippen LogP contribution in [-0.4, -0.2) is 52.4 Å². The van der Waals surface area contributed by atoms with Crippen LogP contribution in [0.15, 0.2) is 30.3 Å². The maximum Gasteiger partial charge on any atom is 0.238 e. The molecule has 0 bridgehead atoms. The fraction of sp³-hybridized carbons (Fsp3) is 0.583. The summed E-state index contributed by atoms with van der Waals surface area (Å²) in [5.41, 5.74) is 3.61. The van der Waals surface area contributed by atoms with Gasteiger partial charge in [-0.15, -0.1) is 0 Å². The highest BCUT2D eigenvalue weighted by Gasteiger charge is 2.25. The van der Waals surface area contributed by atoms with Gasteiger partial charge in [0.1, 0.15) is 0 Å². The number of likely N-dealkylation sites (tertiary alicyclic amines) is 1. The Morgan fingerprint density at radius 2 is 1.70 bits per heavy atom. The van der Waals surface area contributed by atoms with E-state index in [1.165, 1.54) is 32.1 Å². The Morgan fingerprint density at radius 1 is 1.03 bits per heavy atom. The molecule has 2 aliphatic rings. The second kappa shape index (κ2) is 9.75. The Kier molecular flexibility index (Phi) is 6.85. The first-order valence-corrected chi connectivity index (χ1v) is 11.4. The SMILES string of the molecule is Cc1nn(-c2ccccc2)c(C)c1NC(=O)CN1CCC(OC2CCCCC2)CC1. The number of amides is 1. The molecule has 6 heteroatoms. The summed E-state index contributed by atoms with van der Waals surface area (Å²) in [6, 6.07) is 10.0. The lowest BCUT2D eigenvalue weighted by Crippen LogP contribution is -2.42. The topological polar surface area (TPSA) is 59.4 Å². The van der Waals surface area contributed by atoms with E-state index in [1.807, 2.05) is 48.9 Å². The second-order valence-corrected chi connectivity index (χ2v) is 8.71. The van der Waals surface area contributed by atoms with Crippen molar-refractivity contribution in [2.24, 2.45) is 0 Å². The summed E-state index contributed by atoms with van der Waals surface area (Å²) < 4.78 is 8.21. The predicted molar refractivity (Wildman–Crippen MR) is 119 cm³/mol. The van der Waals surface area contributed by atoms with Crippen LogP contribution in [0.25, 0.3) is 5.69 Å². The molecule has 1 amide bonds. The third kappa shape index (κ3) is 5.10. The van der Waals surface area contributed by atoms with Crippen molar-refractivity contribution in [2.45, 2.75) is 71.0 Å². The summed E-state index contributed by atoms with van der Waals surface area (Å²) in [6.45, 7) is 6.20. The normalized spacial score (nSPS) is 19.1. The van der Waals surface area contributed by atoms with E-state index < -0.39 is 0 Å². The molecule has 1 aliphatic heterocycles. The Labute approximate surface area is 179 Å². The van der Waals surface area contributed by atoms with Gasteiger partial charge in [-0.2, -0.15) is 5.10 Å². The van der Waals surface area contributed by atoms with E-state index in [2.05, 4.69) is 15.3 Å². The van der Waals surface area contributed by atoms with Crippen molar-refractivity contribution >= 4 is 11.6 Å². The molecule has 1 aromatic carbocycles. The van der Waals surface area contributed by atoms with Crippen molar-refractivity contribution < 1.29 is 9.53 Å². The van der Waals surface area contributed by atoms with Crippen LogP contribution in [0.2, 0.25) is 0 Å². The van der Waals surface area contributed by atoms with Crippen molar-refractivity contribution in [3.63, 3.8) is 0 Å². The first-order valence-electron chi connectivity index (χ1n) is 11.4. The number of nitrogens with one attached hydrogen (secondary N) is 1. The van der Waals surface area contributed by atoms with Gasteiger partial charge >= 0.3 is 0 Å². The molecule has 2 aromatic rings. The fourth-order valence-corrected chi connectivity index (χ4v) is 4.70. The molecule has 1 saturated heterocycles. The minimum atomic E-state index is 0.0282. The first-order chi connectivity index (χ1) is 14.6. The van der Waals surface area contributed by atoms with Crippen LogP contribution < -0.4 is 5.32 Å². The lowest BCUT2D eigenvalue weighted by Gasteiger charge is -2.34. The summed E-state index contributed by atoms with van der Waals surface area (Å²) in [7, 11) is 0. The number of benzene rings is 1. The van der Waals surface area contributed by atoms with E-state index in [0.717, 1.165) is 48.7 Å². The number of para-hydroxylation sites is 1. The van der Waals surface area contributed by atoms with Gasteiger partial charge in [0.05, 0.1) is 41.5 Å². The Hall–Kier alpha value is -2.18. The Morgan fingerprint density at radius 3 is 2.40 bits per heavy atom. The highest BCUT2D eigenvalue weighted by molar-refractivity contribution is 5.93. The van der Waals surface area contributed by atoms with E-state index in [4.69, 9.17) is 4.74 Å². The van der Waals surface area contributed by atoms with Gasteiger partial charge in [0.25, 0.3) is 0 Å². The smallest absolute Gasteiger partial charge is 0.238 e. The molecule has 0 atom stereocenters. The first kappa shape index (κ1) is 21.1. The Bertz CT molecular complexity index is 834. The molecule has 2 fully saturated rings. The molecular weight excluding hydrogens is 376 g/mol. The zero-order chi connectivity index (χ0) is 20.9. The highest BCUT2D eigenvalue weighted by atomic mass is 16.5. The van der Waals surface area contributed by atoms with Crippen molar-refractivity contribution in [1.82, 2.24) is 14.7 Å². The van der Waals surface area contributed by atoms with Gasteiger partial charge in [-0.3, -0.25) is 9.69 Å². The van der Waals surface area contributed by atoms with Crippen LogP contribution in [0.4, 0.5) is 5.69 Å². The third-order valence-electron chi connectivity index (χ3n) is 6.40. The lowest BCUT2D eigenvalue weighted by molar-refractivity contribution is -0.118. The number of piperidine rings is 1. The monoisotopic (exact) mass is 410 g/mol. The molecule has 6 nitrogen and oxygen atoms in total. The fourth-order valence-electron chi connectivity index (χ4n) is 4.70. The van der Waals surface area contributed by atoms with Gasteiger partial charge < -0.3 is 10.1 Å². The quantitative estimate of drug-likeness (QED) is 0.774. The second-order valence-electron chi connectivity index (χ2n) is 8.71. The third-order valence-corrected chi connectivity index (χ3v) is 6.40. The van der Waals surface area contributed by atoms with E-state index >= 15 is 0 Å². The van der Waals surface area contributed by atoms with Gasteiger partial charge in [0.2, 0.25) is 5.91 Å². The molecule has 4 rings (SSSR count). The molecule has 1 aliphatic carbocycles. The molecule has 1 aromatic heterocycles. The molecule has 2 heterocycles. The number of aryl methyl sites for hydroxylation is 1. The van der Waals surface area contributed by atoms with Gasteiger partial charge in [-0.25, -0.2) is 4.68 Å². The molecule has 1 saturated carbocycles. The van der Waals surface area contributed by atoms with E-state index in [0.29, 0.717) is 18.8 Å². The van der Waals surface area contributed by atoms with Crippen LogP contribution in [0, 0.1) is 13.8 Å². The number of hydrogen-bond donors (Lipinski definition) is 1. The summed E-state index contributed by atoms with van der Waals surface area (Å²) >= 11 is 0. The predicted octanol–water partition coefficient (Wildman–Crippen LogP) is 4.24. The molecule has 0 spiro atoms. The van der Waals surface area contributed by atoms with Crippen molar-refractivity contribution in [3.8, 4) is 5.69 Å². The summed E-state index contributed by atoms with van der Waals surface area (Å²) in [6.07, 6.45) is 9.28. The maximum atomic E-state index is 12.7. The van der Waals surface area contributed by atoms with E-state index in [9.17, 15) is 4.79 Å². The summed E-state index contributed by atoms with van der Waals surface area (Å²) in [4.78, 5) is 14.9. The molecule has 162 valence electrons. The zero-order valence-corrected chi connectivity index (χ0v) is 18.3. The highest BCUT2D eigenvalue weighted by Crippen LogP contribution is 2.25.